The lowest BCUT2D eigenvalue weighted by molar-refractivity contribution is 0.277. The molecule has 4 heteroatoms. The molecule has 0 aromatic carbocycles. The predicted octanol–water partition coefficient (Wildman–Crippen LogP) is 2.51. The molecule has 0 spiro atoms. The number of aliphatic hydroxyl groups excluding tert-OH is 1. The molecule has 2 rings (SSSR count). The highest BCUT2D eigenvalue weighted by molar-refractivity contribution is 7.15. The van der Waals surface area contributed by atoms with Crippen molar-refractivity contribution in [2.24, 2.45) is 0 Å². The SMILES string of the molecule is Cc1cc(-c2ocnc2CO)sc1C. The van der Waals surface area contributed by atoms with Crippen LogP contribution in [-0.4, -0.2) is 10.1 Å². The van der Waals surface area contributed by atoms with E-state index in [4.69, 9.17) is 9.52 Å². The summed E-state index contributed by atoms with van der Waals surface area (Å²) in [4.78, 5) is 6.23. The number of oxazole rings is 1. The van der Waals surface area contributed by atoms with E-state index in [1.165, 1.54) is 16.8 Å². The molecule has 0 saturated heterocycles. The minimum absolute atomic E-state index is 0.0815. The van der Waals surface area contributed by atoms with Gasteiger partial charge in [-0.15, -0.1) is 11.3 Å². The van der Waals surface area contributed by atoms with Crippen LogP contribution in [0, 0.1) is 13.8 Å². The van der Waals surface area contributed by atoms with Crippen LogP contribution in [0.3, 0.4) is 0 Å². The van der Waals surface area contributed by atoms with Gasteiger partial charge in [-0.2, -0.15) is 0 Å². The summed E-state index contributed by atoms with van der Waals surface area (Å²) in [6.45, 7) is 4.05. The summed E-state index contributed by atoms with van der Waals surface area (Å²) in [6, 6.07) is 2.06. The summed E-state index contributed by atoms with van der Waals surface area (Å²) in [5, 5.41) is 9.03. The Labute approximate surface area is 86.0 Å². The Morgan fingerprint density at radius 1 is 1.50 bits per heavy atom. The van der Waals surface area contributed by atoms with Gasteiger partial charge in [0.15, 0.2) is 12.2 Å². The Hall–Kier alpha value is -1.13. The third-order valence-corrected chi connectivity index (χ3v) is 3.33. The van der Waals surface area contributed by atoms with Gasteiger partial charge in [-0.3, -0.25) is 0 Å². The Morgan fingerprint density at radius 2 is 2.29 bits per heavy atom. The fourth-order valence-corrected chi connectivity index (χ4v) is 2.31. The van der Waals surface area contributed by atoms with Crippen LogP contribution < -0.4 is 0 Å². The molecule has 2 aromatic heterocycles. The molecule has 2 aromatic rings. The Balaban J connectivity index is 2.49. The first-order chi connectivity index (χ1) is 6.72. The lowest BCUT2D eigenvalue weighted by atomic mass is 10.2. The number of nitrogens with zero attached hydrogens (tertiary/aromatic N) is 1. The van der Waals surface area contributed by atoms with E-state index in [2.05, 4.69) is 24.9 Å². The molecule has 0 atom stereocenters. The number of aryl methyl sites for hydroxylation is 2. The second kappa shape index (κ2) is 3.55. The van der Waals surface area contributed by atoms with Crippen molar-refractivity contribution in [1.29, 1.82) is 0 Å². The highest BCUT2D eigenvalue weighted by Crippen LogP contribution is 2.32. The molecule has 14 heavy (non-hydrogen) atoms. The topological polar surface area (TPSA) is 46.3 Å². The zero-order chi connectivity index (χ0) is 10.1. The van der Waals surface area contributed by atoms with Gasteiger partial charge in [-0.1, -0.05) is 0 Å². The highest BCUT2D eigenvalue weighted by atomic mass is 32.1. The number of aliphatic hydroxyl groups is 1. The van der Waals surface area contributed by atoms with E-state index >= 15 is 0 Å². The Kier molecular flexibility index (Phi) is 2.39. The molecule has 0 aliphatic carbocycles. The molecule has 0 bridgehead atoms. The van der Waals surface area contributed by atoms with Gasteiger partial charge in [-0.05, 0) is 25.5 Å². The molecule has 2 heterocycles. The summed E-state index contributed by atoms with van der Waals surface area (Å²) >= 11 is 1.66. The molecule has 0 radical (unpaired) electrons. The van der Waals surface area contributed by atoms with Gasteiger partial charge in [0.25, 0.3) is 0 Å². The summed E-state index contributed by atoms with van der Waals surface area (Å²) in [5.41, 5.74) is 1.84. The summed E-state index contributed by atoms with van der Waals surface area (Å²) in [6.07, 6.45) is 1.37. The molecule has 0 aliphatic heterocycles. The van der Waals surface area contributed by atoms with Gasteiger partial charge in [-0.25, -0.2) is 4.98 Å². The molecule has 0 fully saturated rings. The van der Waals surface area contributed by atoms with Crippen molar-refractivity contribution in [3.63, 3.8) is 0 Å². The zero-order valence-electron chi connectivity index (χ0n) is 8.07. The van der Waals surface area contributed by atoms with Crippen molar-refractivity contribution in [2.75, 3.05) is 0 Å². The standard InChI is InChI=1S/C10H11NO2S/c1-6-3-9(14-7(6)2)10-8(4-12)11-5-13-10/h3,5,12H,4H2,1-2H3. The normalized spacial score (nSPS) is 10.8. The fraction of sp³-hybridized carbons (Fsp3) is 0.300. The zero-order valence-corrected chi connectivity index (χ0v) is 8.89. The van der Waals surface area contributed by atoms with Crippen LogP contribution in [0.15, 0.2) is 16.9 Å². The molecule has 74 valence electrons. The third kappa shape index (κ3) is 1.47. The Morgan fingerprint density at radius 3 is 2.86 bits per heavy atom. The minimum atomic E-state index is -0.0815. The highest BCUT2D eigenvalue weighted by Gasteiger charge is 2.12. The summed E-state index contributed by atoms with van der Waals surface area (Å²) in [7, 11) is 0. The maximum Gasteiger partial charge on any atom is 0.181 e. The number of aromatic nitrogens is 1. The van der Waals surface area contributed by atoms with Crippen LogP contribution in [0.25, 0.3) is 10.6 Å². The van der Waals surface area contributed by atoms with Crippen LogP contribution in [0.1, 0.15) is 16.1 Å². The summed E-state index contributed by atoms with van der Waals surface area (Å²) < 4.78 is 5.25. The monoisotopic (exact) mass is 209 g/mol. The lowest BCUT2D eigenvalue weighted by Crippen LogP contribution is -1.84. The van der Waals surface area contributed by atoms with E-state index in [1.807, 2.05) is 0 Å². The first-order valence-electron chi connectivity index (χ1n) is 4.33. The average molecular weight is 209 g/mol. The molecule has 3 nitrogen and oxygen atoms in total. The van der Waals surface area contributed by atoms with Gasteiger partial charge >= 0.3 is 0 Å². The van der Waals surface area contributed by atoms with Crippen LogP contribution in [0.5, 0.6) is 0 Å². The first-order valence-corrected chi connectivity index (χ1v) is 5.14. The van der Waals surface area contributed by atoms with E-state index in [0.29, 0.717) is 11.5 Å². The average Bonchev–Trinajstić information content (AvgIpc) is 2.73. The van der Waals surface area contributed by atoms with Crippen molar-refractivity contribution in [2.45, 2.75) is 20.5 Å². The van der Waals surface area contributed by atoms with E-state index in [9.17, 15) is 0 Å². The van der Waals surface area contributed by atoms with Gasteiger partial charge in [0, 0.05) is 4.88 Å². The number of thiophene rings is 1. The maximum atomic E-state index is 9.03. The second-order valence-electron chi connectivity index (χ2n) is 3.14. The molecule has 1 N–H and O–H groups in total. The van der Waals surface area contributed by atoms with Gasteiger partial charge in [0.1, 0.15) is 5.69 Å². The molecule has 0 aliphatic rings. The summed E-state index contributed by atoms with van der Waals surface area (Å²) in [5.74, 6) is 0.689. The van der Waals surface area contributed by atoms with Crippen LogP contribution in [0.2, 0.25) is 0 Å². The minimum Gasteiger partial charge on any atom is -0.442 e. The van der Waals surface area contributed by atoms with E-state index in [1.54, 1.807) is 11.3 Å². The van der Waals surface area contributed by atoms with Crippen molar-refractivity contribution >= 4 is 11.3 Å². The van der Waals surface area contributed by atoms with Gasteiger partial charge < -0.3 is 9.52 Å². The smallest absolute Gasteiger partial charge is 0.181 e. The molecule has 0 unspecified atom stereocenters. The van der Waals surface area contributed by atoms with Gasteiger partial charge in [0.2, 0.25) is 0 Å². The quantitative estimate of drug-likeness (QED) is 0.826. The van der Waals surface area contributed by atoms with Crippen LogP contribution in [-0.2, 0) is 6.61 Å². The molecular weight excluding hydrogens is 198 g/mol. The van der Waals surface area contributed by atoms with E-state index < -0.39 is 0 Å². The molecule has 0 amide bonds. The van der Waals surface area contributed by atoms with Gasteiger partial charge in [0.05, 0.1) is 11.5 Å². The Bertz CT molecular complexity index is 425. The van der Waals surface area contributed by atoms with Crippen molar-refractivity contribution in [1.82, 2.24) is 4.98 Å². The third-order valence-electron chi connectivity index (χ3n) is 2.18. The number of hydrogen-bond donors (Lipinski definition) is 1. The van der Waals surface area contributed by atoms with E-state index in [0.717, 1.165) is 4.88 Å². The van der Waals surface area contributed by atoms with Crippen LogP contribution >= 0.6 is 11.3 Å². The first kappa shape index (κ1) is 9.43. The number of rotatable bonds is 2. The molecular formula is C10H11NO2S. The number of hydrogen-bond acceptors (Lipinski definition) is 4. The fourth-order valence-electron chi connectivity index (χ4n) is 1.27. The lowest BCUT2D eigenvalue weighted by Gasteiger charge is -1.92. The largest absolute Gasteiger partial charge is 0.442 e. The maximum absolute atomic E-state index is 9.03. The van der Waals surface area contributed by atoms with E-state index in [-0.39, 0.29) is 6.61 Å². The van der Waals surface area contributed by atoms with Crippen molar-refractivity contribution in [3.05, 3.63) is 28.6 Å². The van der Waals surface area contributed by atoms with Crippen LogP contribution in [0.4, 0.5) is 0 Å². The molecule has 0 saturated carbocycles. The van der Waals surface area contributed by atoms with Crippen molar-refractivity contribution < 1.29 is 9.52 Å². The second-order valence-corrected chi connectivity index (χ2v) is 4.39. The van der Waals surface area contributed by atoms with Crippen molar-refractivity contribution in [3.8, 4) is 10.6 Å². The predicted molar refractivity (Wildman–Crippen MR) is 55.2 cm³/mol.